The molecule has 0 aromatic carbocycles. The summed E-state index contributed by atoms with van der Waals surface area (Å²) in [6.45, 7) is 4.29. The van der Waals surface area contributed by atoms with Crippen LogP contribution in [0, 0.1) is 0 Å². The van der Waals surface area contributed by atoms with E-state index in [0.29, 0.717) is 5.82 Å². The van der Waals surface area contributed by atoms with Gasteiger partial charge in [0.15, 0.2) is 0 Å². The van der Waals surface area contributed by atoms with Gasteiger partial charge in [-0.15, -0.1) is 0 Å². The molecular formula is C13H22N4. The van der Waals surface area contributed by atoms with Gasteiger partial charge >= 0.3 is 0 Å². The van der Waals surface area contributed by atoms with Crippen molar-refractivity contribution < 1.29 is 0 Å². The van der Waals surface area contributed by atoms with E-state index in [9.17, 15) is 0 Å². The maximum Gasteiger partial charge on any atom is 0.227 e. The molecule has 2 rings (SSSR count). The van der Waals surface area contributed by atoms with Gasteiger partial charge in [0.05, 0.1) is 0 Å². The van der Waals surface area contributed by atoms with Crippen molar-refractivity contribution in [3.05, 3.63) is 11.8 Å². The molecule has 0 aliphatic carbocycles. The SMILES string of the molecule is CCCc1cc(N)nc(N2CCCCCC2)n1. The Balaban J connectivity index is 2.17. The third kappa shape index (κ3) is 3.32. The Morgan fingerprint density at radius 2 is 1.88 bits per heavy atom. The van der Waals surface area contributed by atoms with Gasteiger partial charge in [-0.1, -0.05) is 26.2 Å². The zero-order valence-electron chi connectivity index (χ0n) is 10.7. The van der Waals surface area contributed by atoms with Crippen molar-refractivity contribution in [2.45, 2.75) is 45.4 Å². The second kappa shape index (κ2) is 5.84. The minimum atomic E-state index is 0.600. The number of aryl methyl sites for hydroxylation is 1. The molecule has 4 nitrogen and oxygen atoms in total. The Labute approximate surface area is 103 Å². The molecule has 1 aromatic heterocycles. The normalized spacial score (nSPS) is 16.9. The third-order valence-corrected chi connectivity index (χ3v) is 3.18. The number of nitrogens with zero attached hydrogens (tertiary/aromatic N) is 3. The molecule has 1 aliphatic rings. The lowest BCUT2D eigenvalue weighted by molar-refractivity contribution is 0.726. The maximum absolute atomic E-state index is 5.86. The van der Waals surface area contributed by atoms with Crippen LogP contribution in [0.1, 0.15) is 44.7 Å². The minimum Gasteiger partial charge on any atom is -0.384 e. The molecule has 17 heavy (non-hydrogen) atoms. The van der Waals surface area contributed by atoms with Crippen LogP contribution in [0.15, 0.2) is 6.07 Å². The Morgan fingerprint density at radius 1 is 1.18 bits per heavy atom. The highest BCUT2D eigenvalue weighted by molar-refractivity contribution is 5.40. The summed E-state index contributed by atoms with van der Waals surface area (Å²) in [7, 11) is 0. The van der Waals surface area contributed by atoms with Gasteiger partial charge in [0.2, 0.25) is 5.95 Å². The van der Waals surface area contributed by atoms with Crippen LogP contribution >= 0.6 is 0 Å². The van der Waals surface area contributed by atoms with E-state index in [1.54, 1.807) is 0 Å². The van der Waals surface area contributed by atoms with Gasteiger partial charge in [0.25, 0.3) is 0 Å². The molecule has 4 heteroatoms. The lowest BCUT2D eigenvalue weighted by atomic mass is 10.2. The van der Waals surface area contributed by atoms with Gasteiger partial charge < -0.3 is 10.6 Å². The Morgan fingerprint density at radius 3 is 2.53 bits per heavy atom. The van der Waals surface area contributed by atoms with E-state index in [1.807, 2.05) is 6.07 Å². The summed E-state index contributed by atoms with van der Waals surface area (Å²) >= 11 is 0. The third-order valence-electron chi connectivity index (χ3n) is 3.18. The highest BCUT2D eigenvalue weighted by Crippen LogP contribution is 2.17. The monoisotopic (exact) mass is 234 g/mol. The van der Waals surface area contributed by atoms with Crippen LogP contribution < -0.4 is 10.6 Å². The average Bonchev–Trinajstić information content (AvgIpc) is 2.57. The quantitative estimate of drug-likeness (QED) is 0.872. The predicted molar refractivity (Wildman–Crippen MR) is 71.1 cm³/mol. The van der Waals surface area contributed by atoms with Crippen LogP contribution in [0.2, 0.25) is 0 Å². The lowest BCUT2D eigenvalue weighted by Gasteiger charge is -2.20. The Kier molecular flexibility index (Phi) is 4.18. The molecule has 1 fully saturated rings. The van der Waals surface area contributed by atoms with Crippen molar-refractivity contribution in [2.24, 2.45) is 0 Å². The highest BCUT2D eigenvalue weighted by Gasteiger charge is 2.13. The highest BCUT2D eigenvalue weighted by atomic mass is 15.3. The Bertz CT molecular complexity index is 356. The molecule has 1 saturated heterocycles. The Hall–Kier alpha value is -1.32. The van der Waals surface area contributed by atoms with E-state index in [1.165, 1.54) is 25.7 Å². The smallest absolute Gasteiger partial charge is 0.227 e. The van der Waals surface area contributed by atoms with E-state index in [4.69, 9.17) is 5.73 Å². The van der Waals surface area contributed by atoms with E-state index >= 15 is 0 Å². The molecule has 94 valence electrons. The molecule has 0 amide bonds. The molecule has 0 atom stereocenters. The topological polar surface area (TPSA) is 55.0 Å². The van der Waals surface area contributed by atoms with Gasteiger partial charge in [0, 0.05) is 24.8 Å². The number of hydrogen-bond acceptors (Lipinski definition) is 4. The van der Waals surface area contributed by atoms with Crippen molar-refractivity contribution in [3.63, 3.8) is 0 Å². The van der Waals surface area contributed by atoms with Crippen molar-refractivity contribution in [1.29, 1.82) is 0 Å². The zero-order chi connectivity index (χ0) is 12.1. The van der Waals surface area contributed by atoms with E-state index in [0.717, 1.165) is 37.6 Å². The average molecular weight is 234 g/mol. The van der Waals surface area contributed by atoms with Gasteiger partial charge in [-0.3, -0.25) is 0 Å². The summed E-state index contributed by atoms with van der Waals surface area (Å²) in [5.74, 6) is 1.43. The first-order valence-corrected chi connectivity index (χ1v) is 6.68. The first kappa shape index (κ1) is 12.1. The number of aromatic nitrogens is 2. The second-order valence-corrected chi connectivity index (χ2v) is 4.74. The lowest BCUT2D eigenvalue weighted by Crippen LogP contribution is -2.26. The molecular weight excluding hydrogens is 212 g/mol. The van der Waals surface area contributed by atoms with E-state index in [-0.39, 0.29) is 0 Å². The molecule has 0 bridgehead atoms. The van der Waals surface area contributed by atoms with Crippen molar-refractivity contribution >= 4 is 11.8 Å². The number of hydrogen-bond donors (Lipinski definition) is 1. The first-order chi connectivity index (χ1) is 8.29. The van der Waals surface area contributed by atoms with E-state index < -0.39 is 0 Å². The summed E-state index contributed by atoms with van der Waals surface area (Å²) in [4.78, 5) is 11.3. The number of anilines is 2. The van der Waals surface area contributed by atoms with Crippen molar-refractivity contribution in [1.82, 2.24) is 9.97 Å². The summed E-state index contributed by atoms with van der Waals surface area (Å²) in [6, 6.07) is 1.89. The standard InChI is InChI=1S/C13H22N4/c1-2-7-11-10-12(14)16-13(15-11)17-8-5-3-4-6-9-17/h10H,2-9H2,1H3,(H2,14,15,16). The molecule has 0 spiro atoms. The van der Waals surface area contributed by atoms with Crippen LogP contribution in [-0.4, -0.2) is 23.1 Å². The fourth-order valence-corrected chi connectivity index (χ4v) is 2.30. The molecule has 0 unspecified atom stereocenters. The molecule has 0 radical (unpaired) electrons. The van der Waals surface area contributed by atoms with Gasteiger partial charge in [-0.25, -0.2) is 4.98 Å². The molecule has 2 heterocycles. The summed E-state index contributed by atoms with van der Waals surface area (Å²) in [6.07, 6.45) is 7.19. The fraction of sp³-hybridized carbons (Fsp3) is 0.692. The van der Waals surface area contributed by atoms with E-state index in [2.05, 4.69) is 21.8 Å². The van der Waals surface area contributed by atoms with Crippen molar-refractivity contribution in [3.8, 4) is 0 Å². The summed E-state index contributed by atoms with van der Waals surface area (Å²) < 4.78 is 0. The molecule has 2 N–H and O–H groups in total. The molecule has 0 saturated carbocycles. The first-order valence-electron chi connectivity index (χ1n) is 6.68. The summed E-state index contributed by atoms with van der Waals surface area (Å²) in [5.41, 5.74) is 6.93. The van der Waals surface area contributed by atoms with Gasteiger partial charge in [-0.2, -0.15) is 4.98 Å². The van der Waals surface area contributed by atoms with Crippen LogP contribution in [0.4, 0.5) is 11.8 Å². The fourth-order valence-electron chi connectivity index (χ4n) is 2.30. The predicted octanol–water partition coefficient (Wildman–Crippen LogP) is 2.39. The van der Waals surface area contributed by atoms with Crippen molar-refractivity contribution in [2.75, 3.05) is 23.7 Å². The van der Waals surface area contributed by atoms with Crippen LogP contribution in [0.5, 0.6) is 0 Å². The number of nitrogen functional groups attached to an aromatic ring is 1. The second-order valence-electron chi connectivity index (χ2n) is 4.74. The summed E-state index contributed by atoms with van der Waals surface area (Å²) in [5, 5.41) is 0. The molecule has 1 aliphatic heterocycles. The minimum absolute atomic E-state index is 0.600. The van der Waals surface area contributed by atoms with Crippen LogP contribution in [0.25, 0.3) is 0 Å². The van der Waals surface area contributed by atoms with Gasteiger partial charge in [-0.05, 0) is 19.3 Å². The van der Waals surface area contributed by atoms with Gasteiger partial charge in [0.1, 0.15) is 5.82 Å². The number of nitrogens with two attached hydrogens (primary N) is 1. The number of rotatable bonds is 3. The van der Waals surface area contributed by atoms with Crippen LogP contribution in [-0.2, 0) is 6.42 Å². The zero-order valence-corrected chi connectivity index (χ0v) is 10.7. The largest absolute Gasteiger partial charge is 0.384 e. The maximum atomic E-state index is 5.86. The van der Waals surface area contributed by atoms with Crippen LogP contribution in [0.3, 0.4) is 0 Å². The molecule has 1 aromatic rings.